The number of amides is 1. The van der Waals surface area contributed by atoms with E-state index < -0.39 is 10.1 Å². The van der Waals surface area contributed by atoms with Crippen molar-refractivity contribution < 1.29 is 17.4 Å². The molecule has 0 atom stereocenters. The molecule has 0 radical (unpaired) electrons. The van der Waals surface area contributed by atoms with Crippen LogP contribution in [0.2, 0.25) is 0 Å². The maximum absolute atomic E-state index is 12.3. The van der Waals surface area contributed by atoms with Crippen molar-refractivity contribution in [1.82, 2.24) is 5.32 Å². The standard InChI is InChI=1S/C16H13N3O4S2/c20-15-11-24-16(18-15)19-17-10-12-6-4-5-9-14(12)23-25(21,22)13-7-2-1-3-8-13/h1-10H,11H2,(H,18,19,20)/b17-10+. The van der Waals surface area contributed by atoms with Gasteiger partial charge < -0.3 is 9.50 Å². The summed E-state index contributed by atoms with van der Waals surface area (Å²) in [6.07, 6.45) is 1.37. The molecule has 3 rings (SSSR count). The van der Waals surface area contributed by atoms with Gasteiger partial charge in [-0.15, -0.1) is 5.10 Å². The fourth-order valence-corrected chi connectivity index (χ4v) is 3.54. The van der Waals surface area contributed by atoms with Crippen LogP contribution in [0.4, 0.5) is 0 Å². The van der Waals surface area contributed by atoms with Gasteiger partial charge in [0, 0.05) is 5.56 Å². The average molecular weight is 375 g/mol. The van der Waals surface area contributed by atoms with E-state index in [1.807, 2.05) is 0 Å². The van der Waals surface area contributed by atoms with E-state index >= 15 is 0 Å². The molecule has 1 saturated heterocycles. The van der Waals surface area contributed by atoms with Crippen LogP contribution in [-0.4, -0.2) is 31.5 Å². The number of thioether (sulfide) groups is 1. The Hall–Kier alpha value is -2.65. The van der Waals surface area contributed by atoms with Crippen LogP contribution in [0.5, 0.6) is 5.75 Å². The zero-order valence-corrected chi connectivity index (χ0v) is 14.5. The maximum atomic E-state index is 12.3. The van der Waals surface area contributed by atoms with E-state index in [-0.39, 0.29) is 16.6 Å². The van der Waals surface area contributed by atoms with Crippen molar-refractivity contribution in [2.24, 2.45) is 10.2 Å². The van der Waals surface area contributed by atoms with Crippen LogP contribution < -0.4 is 9.50 Å². The van der Waals surface area contributed by atoms with Crippen molar-refractivity contribution in [1.29, 1.82) is 0 Å². The molecule has 0 spiro atoms. The van der Waals surface area contributed by atoms with Gasteiger partial charge in [-0.2, -0.15) is 13.5 Å². The number of amidine groups is 1. The van der Waals surface area contributed by atoms with Gasteiger partial charge in [-0.3, -0.25) is 4.79 Å². The van der Waals surface area contributed by atoms with Gasteiger partial charge in [-0.05, 0) is 24.3 Å². The van der Waals surface area contributed by atoms with Crippen LogP contribution >= 0.6 is 11.8 Å². The Morgan fingerprint density at radius 1 is 1.08 bits per heavy atom. The Morgan fingerprint density at radius 2 is 1.80 bits per heavy atom. The highest BCUT2D eigenvalue weighted by Crippen LogP contribution is 2.22. The third-order valence-electron chi connectivity index (χ3n) is 3.08. The second-order valence-corrected chi connectivity index (χ2v) is 7.39. The van der Waals surface area contributed by atoms with Crippen LogP contribution in [0.25, 0.3) is 0 Å². The molecule has 0 bridgehead atoms. The summed E-state index contributed by atoms with van der Waals surface area (Å²) >= 11 is 1.25. The molecular weight excluding hydrogens is 362 g/mol. The molecule has 1 fully saturated rings. The molecule has 2 aromatic carbocycles. The smallest absolute Gasteiger partial charge is 0.339 e. The SMILES string of the molecule is O=C1CS/C(=N\N=C\c2ccccc2OS(=O)(=O)c2ccccc2)N1. The minimum atomic E-state index is -3.94. The van der Waals surface area contributed by atoms with E-state index in [4.69, 9.17) is 4.18 Å². The maximum Gasteiger partial charge on any atom is 0.339 e. The number of hydrogen-bond acceptors (Lipinski definition) is 7. The van der Waals surface area contributed by atoms with Gasteiger partial charge in [0.25, 0.3) is 0 Å². The molecule has 0 saturated carbocycles. The summed E-state index contributed by atoms with van der Waals surface area (Å²) in [6.45, 7) is 0. The first-order valence-corrected chi connectivity index (χ1v) is 9.56. The normalized spacial score (nSPS) is 16.3. The fraction of sp³-hybridized carbons (Fsp3) is 0.0625. The Balaban J connectivity index is 1.81. The van der Waals surface area contributed by atoms with Crippen molar-refractivity contribution >= 4 is 39.2 Å². The first kappa shape index (κ1) is 17.2. The zero-order chi connectivity index (χ0) is 17.7. The van der Waals surface area contributed by atoms with Crippen LogP contribution in [0.3, 0.4) is 0 Å². The van der Waals surface area contributed by atoms with Gasteiger partial charge in [-0.1, -0.05) is 42.1 Å². The molecule has 7 nitrogen and oxygen atoms in total. The lowest BCUT2D eigenvalue weighted by atomic mass is 10.2. The second-order valence-electron chi connectivity index (χ2n) is 4.87. The monoisotopic (exact) mass is 375 g/mol. The summed E-state index contributed by atoms with van der Waals surface area (Å²) in [4.78, 5) is 11.1. The molecule has 1 aliphatic heterocycles. The lowest BCUT2D eigenvalue weighted by Gasteiger charge is -2.08. The van der Waals surface area contributed by atoms with Crippen molar-refractivity contribution in [3.8, 4) is 5.75 Å². The van der Waals surface area contributed by atoms with Crippen LogP contribution in [0.15, 0.2) is 69.7 Å². The van der Waals surface area contributed by atoms with E-state index in [1.54, 1.807) is 36.4 Å². The van der Waals surface area contributed by atoms with Gasteiger partial charge >= 0.3 is 10.1 Å². The Morgan fingerprint density at radius 3 is 2.52 bits per heavy atom. The minimum Gasteiger partial charge on any atom is -0.378 e. The summed E-state index contributed by atoms with van der Waals surface area (Å²) in [5, 5.41) is 10.7. The van der Waals surface area contributed by atoms with Crippen LogP contribution in [0, 0.1) is 0 Å². The predicted octanol–water partition coefficient (Wildman–Crippen LogP) is 2.01. The number of hydrogen-bond donors (Lipinski definition) is 1. The Bertz CT molecular complexity index is 941. The van der Waals surface area contributed by atoms with Crippen molar-refractivity contribution in [3.05, 3.63) is 60.2 Å². The van der Waals surface area contributed by atoms with E-state index in [0.717, 1.165) is 0 Å². The molecule has 1 heterocycles. The average Bonchev–Trinajstić information content (AvgIpc) is 3.02. The Labute approximate surface area is 148 Å². The summed E-state index contributed by atoms with van der Waals surface area (Å²) in [6, 6.07) is 14.4. The van der Waals surface area contributed by atoms with Gasteiger partial charge in [0.2, 0.25) is 5.91 Å². The minimum absolute atomic E-state index is 0.0621. The molecule has 9 heteroatoms. The second kappa shape index (κ2) is 7.49. The highest BCUT2D eigenvalue weighted by atomic mass is 32.2. The molecule has 25 heavy (non-hydrogen) atoms. The zero-order valence-electron chi connectivity index (χ0n) is 12.8. The molecule has 0 aliphatic carbocycles. The summed E-state index contributed by atoms with van der Waals surface area (Å²) < 4.78 is 29.9. The van der Waals surface area contributed by atoms with Gasteiger partial charge in [0.05, 0.1) is 12.0 Å². The van der Waals surface area contributed by atoms with Gasteiger partial charge in [0.1, 0.15) is 4.90 Å². The van der Waals surface area contributed by atoms with E-state index in [1.165, 1.54) is 36.2 Å². The number of nitrogens with one attached hydrogen (secondary N) is 1. The van der Waals surface area contributed by atoms with Crippen molar-refractivity contribution in [2.45, 2.75) is 4.90 Å². The molecule has 128 valence electrons. The molecular formula is C16H13N3O4S2. The number of benzene rings is 2. The van der Waals surface area contributed by atoms with Gasteiger partial charge in [0.15, 0.2) is 10.9 Å². The largest absolute Gasteiger partial charge is 0.378 e. The number of carbonyl (C=O) groups excluding carboxylic acids is 1. The quantitative estimate of drug-likeness (QED) is 0.490. The van der Waals surface area contributed by atoms with Crippen LogP contribution in [0.1, 0.15) is 5.56 Å². The number of carbonyl (C=O) groups is 1. The number of rotatable bonds is 5. The van der Waals surface area contributed by atoms with Gasteiger partial charge in [-0.25, -0.2) is 0 Å². The van der Waals surface area contributed by atoms with Crippen LogP contribution in [-0.2, 0) is 14.9 Å². The van der Waals surface area contributed by atoms with E-state index in [9.17, 15) is 13.2 Å². The molecule has 0 aromatic heterocycles. The lowest BCUT2D eigenvalue weighted by molar-refractivity contribution is -0.116. The van der Waals surface area contributed by atoms with E-state index in [2.05, 4.69) is 15.5 Å². The highest BCUT2D eigenvalue weighted by Gasteiger charge is 2.18. The summed E-state index contributed by atoms with van der Waals surface area (Å²) in [7, 11) is -3.94. The summed E-state index contributed by atoms with van der Waals surface area (Å²) in [5.41, 5.74) is 0.445. The highest BCUT2D eigenvalue weighted by molar-refractivity contribution is 8.15. The number of nitrogens with zero attached hydrogens (tertiary/aromatic N) is 2. The molecule has 0 unspecified atom stereocenters. The summed E-state index contributed by atoms with van der Waals surface area (Å²) in [5.74, 6) is 0.318. The van der Waals surface area contributed by atoms with Crippen molar-refractivity contribution in [3.63, 3.8) is 0 Å². The topological polar surface area (TPSA) is 97.2 Å². The first-order chi connectivity index (χ1) is 12.0. The number of para-hydroxylation sites is 1. The van der Waals surface area contributed by atoms with E-state index in [0.29, 0.717) is 16.5 Å². The lowest BCUT2D eigenvalue weighted by Crippen LogP contribution is -2.19. The molecule has 1 amide bonds. The third-order valence-corrected chi connectivity index (χ3v) is 5.19. The molecule has 1 N–H and O–H groups in total. The first-order valence-electron chi connectivity index (χ1n) is 7.17. The predicted molar refractivity (Wildman–Crippen MR) is 96.3 cm³/mol. The fourth-order valence-electron chi connectivity index (χ4n) is 1.94. The Kier molecular flexibility index (Phi) is 5.15. The molecule has 2 aromatic rings. The van der Waals surface area contributed by atoms with Crippen molar-refractivity contribution in [2.75, 3.05) is 5.75 Å². The third kappa shape index (κ3) is 4.46. The molecule has 1 aliphatic rings.